The van der Waals surface area contributed by atoms with E-state index in [0.29, 0.717) is 19.6 Å². The van der Waals surface area contributed by atoms with E-state index in [9.17, 15) is 13.2 Å². The summed E-state index contributed by atoms with van der Waals surface area (Å²) in [4.78, 5) is 10.5. The van der Waals surface area contributed by atoms with E-state index in [1.54, 1.807) is 0 Å². The molecule has 1 fully saturated rings. The fraction of sp³-hybridized carbons (Fsp3) is 0.857. The molecule has 88 valence electrons. The minimum atomic E-state index is -3.61. The SMILES string of the molecule is NC(=O)NCC1CCCN(S(N)(=O)=O)C1. The van der Waals surface area contributed by atoms with Crippen molar-refractivity contribution in [1.82, 2.24) is 9.62 Å². The van der Waals surface area contributed by atoms with Gasteiger partial charge in [-0.2, -0.15) is 12.7 Å². The first-order valence-corrected chi connectivity index (χ1v) is 6.21. The summed E-state index contributed by atoms with van der Waals surface area (Å²) in [7, 11) is -3.61. The van der Waals surface area contributed by atoms with Crippen molar-refractivity contribution in [3.63, 3.8) is 0 Å². The lowest BCUT2D eigenvalue weighted by Gasteiger charge is -2.30. The van der Waals surface area contributed by atoms with Crippen molar-refractivity contribution >= 4 is 16.2 Å². The summed E-state index contributed by atoms with van der Waals surface area (Å²) >= 11 is 0. The van der Waals surface area contributed by atoms with Gasteiger partial charge in [0.25, 0.3) is 10.2 Å². The Hall–Kier alpha value is -0.860. The fourth-order valence-corrected chi connectivity index (χ4v) is 2.47. The number of hydrogen-bond acceptors (Lipinski definition) is 3. The van der Waals surface area contributed by atoms with Gasteiger partial charge in [0.1, 0.15) is 0 Å². The minimum absolute atomic E-state index is 0.0876. The lowest BCUT2D eigenvalue weighted by atomic mass is 10.00. The molecule has 1 aliphatic rings. The Morgan fingerprint density at radius 3 is 2.73 bits per heavy atom. The second kappa shape index (κ2) is 4.77. The maximum Gasteiger partial charge on any atom is 0.312 e. The maximum atomic E-state index is 11.1. The quantitative estimate of drug-likeness (QED) is 0.557. The van der Waals surface area contributed by atoms with Gasteiger partial charge >= 0.3 is 6.03 Å². The molecule has 0 bridgehead atoms. The monoisotopic (exact) mass is 236 g/mol. The van der Waals surface area contributed by atoms with Crippen LogP contribution in [0.1, 0.15) is 12.8 Å². The highest BCUT2D eigenvalue weighted by Crippen LogP contribution is 2.16. The Labute approximate surface area is 89.0 Å². The van der Waals surface area contributed by atoms with Crippen molar-refractivity contribution in [1.29, 1.82) is 0 Å². The molecule has 0 spiro atoms. The van der Waals surface area contributed by atoms with E-state index >= 15 is 0 Å². The minimum Gasteiger partial charge on any atom is -0.352 e. The molecular weight excluding hydrogens is 220 g/mol. The zero-order chi connectivity index (χ0) is 11.5. The molecular formula is C7H16N4O3S. The van der Waals surface area contributed by atoms with Gasteiger partial charge in [-0.15, -0.1) is 0 Å². The van der Waals surface area contributed by atoms with Gasteiger partial charge in [-0.3, -0.25) is 0 Å². The van der Waals surface area contributed by atoms with Crippen LogP contribution < -0.4 is 16.2 Å². The maximum absolute atomic E-state index is 11.1. The molecule has 1 atom stereocenters. The number of hydrogen-bond donors (Lipinski definition) is 3. The molecule has 7 nitrogen and oxygen atoms in total. The van der Waals surface area contributed by atoms with E-state index < -0.39 is 16.2 Å². The van der Waals surface area contributed by atoms with E-state index in [2.05, 4.69) is 5.32 Å². The van der Waals surface area contributed by atoms with E-state index in [1.165, 1.54) is 4.31 Å². The van der Waals surface area contributed by atoms with Crippen LogP contribution in [0.25, 0.3) is 0 Å². The summed E-state index contributed by atoms with van der Waals surface area (Å²) < 4.78 is 23.3. The van der Waals surface area contributed by atoms with Gasteiger partial charge in [0.2, 0.25) is 0 Å². The van der Waals surface area contributed by atoms with Crippen molar-refractivity contribution in [3.8, 4) is 0 Å². The highest BCUT2D eigenvalue weighted by molar-refractivity contribution is 7.86. The highest BCUT2D eigenvalue weighted by Gasteiger charge is 2.26. The first-order valence-electron chi connectivity index (χ1n) is 4.71. The third-order valence-electron chi connectivity index (χ3n) is 2.41. The number of rotatable bonds is 3. The van der Waals surface area contributed by atoms with Crippen LogP contribution in [0.5, 0.6) is 0 Å². The number of amides is 2. The van der Waals surface area contributed by atoms with Crippen molar-refractivity contribution in [2.45, 2.75) is 12.8 Å². The Bertz CT molecular complexity index is 329. The average molecular weight is 236 g/mol. The van der Waals surface area contributed by atoms with Crippen LogP contribution in [-0.2, 0) is 10.2 Å². The second-order valence-corrected chi connectivity index (χ2v) is 5.20. The van der Waals surface area contributed by atoms with Crippen LogP contribution in [0.15, 0.2) is 0 Å². The smallest absolute Gasteiger partial charge is 0.312 e. The normalized spacial score (nSPS) is 23.7. The number of nitrogens with one attached hydrogen (secondary N) is 1. The molecule has 1 heterocycles. The molecule has 0 aliphatic carbocycles. The molecule has 1 aliphatic heterocycles. The number of primary amides is 1. The van der Waals surface area contributed by atoms with Crippen LogP contribution in [0.2, 0.25) is 0 Å². The fourth-order valence-electron chi connectivity index (χ4n) is 1.67. The van der Waals surface area contributed by atoms with Gasteiger partial charge in [0.15, 0.2) is 0 Å². The molecule has 8 heteroatoms. The van der Waals surface area contributed by atoms with E-state index in [4.69, 9.17) is 10.9 Å². The largest absolute Gasteiger partial charge is 0.352 e. The number of urea groups is 1. The standard InChI is InChI=1S/C7H16N4O3S/c8-7(12)10-4-6-2-1-3-11(5-6)15(9,13)14/h6H,1-5H2,(H3,8,10,12)(H2,9,13,14). The lowest BCUT2D eigenvalue weighted by Crippen LogP contribution is -2.46. The summed E-state index contributed by atoms with van der Waals surface area (Å²) in [6.45, 7) is 1.19. The summed E-state index contributed by atoms with van der Waals surface area (Å²) in [6.07, 6.45) is 1.62. The second-order valence-electron chi connectivity index (χ2n) is 3.66. The summed E-state index contributed by atoms with van der Waals surface area (Å²) in [5.74, 6) is 0.0876. The van der Waals surface area contributed by atoms with Crippen LogP contribution in [0, 0.1) is 5.92 Å². The third kappa shape index (κ3) is 4.02. The van der Waals surface area contributed by atoms with E-state index in [0.717, 1.165) is 12.8 Å². The predicted octanol–water partition coefficient (Wildman–Crippen LogP) is -1.43. The Balaban J connectivity index is 2.46. The van der Waals surface area contributed by atoms with Crippen molar-refractivity contribution < 1.29 is 13.2 Å². The zero-order valence-corrected chi connectivity index (χ0v) is 9.16. The third-order valence-corrected chi connectivity index (χ3v) is 3.46. The summed E-state index contributed by atoms with van der Waals surface area (Å²) in [5, 5.41) is 7.48. The number of nitrogens with two attached hydrogens (primary N) is 2. The van der Waals surface area contributed by atoms with Gasteiger partial charge in [0.05, 0.1) is 0 Å². The average Bonchev–Trinajstić information content (AvgIpc) is 2.14. The van der Waals surface area contributed by atoms with Crippen molar-refractivity contribution in [2.75, 3.05) is 19.6 Å². The Morgan fingerprint density at radius 1 is 1.53 bits per heavy atom. The van der Waals surface area contributed by atoms with Crippen LogP contribution in [0.3, 0.4) is 0 Å². The number of nitrogens with zero attached hydrogens (tertiary/aromatic N) is 1. The molecule has 1 unspecified atom stereocenters. The molecule has 5 N–H and O–H groups in total. The molecule has 0 aromatic rings. The molecule has 0 aromatic carbocycles. The molecule has 1 rings (SSSR count). The Kier molecular flexibility index (Phi) is 3.89. The highest BCUT2D eigenvalue weighted by atomic mass is 32.2. The molecule has 0 radical (unpaired) electrons. The first-order chi connectivity index (χ1) is 6.89. The van der Waals surface area contributed by atoms with Gasteiger partial charge in [0, 0.05) is 19.6 Å². The number of carbonyl (C=O) groups is 1. The van der Waals surface area contributed by atoms with Crippen molar-refractivity contribution in [3.05, 3.63) is 0 Å². The van der Waals surface area contributed by atoms with Gasteiger partial charge in [-0.1, -0.05) is 0 Å². The van der Waals surface area contributed by atoms with Crippen molar-refractivity contribution in [2.24, 2.45) is 16.8 Å². The molecule has 15 heavy (non-hydrogen) atoms. The van der Waals surface area contributed by atoms with Crippen LogP contribution in [0.4, 0.5) is 4.79 Å². The Morgan fingerprint density at radius 2 is 2.20 bits per heavy atom. The van der Waals surface area contributed by atoms with E-state index in [1.807, 2.05) is 0 Å². The van der Waals surface area contributed by atoms with E-state index in [-0.39, 0.29) is 5.92 Å². The first kappa shape index (κ1) is 12.2. The van der Waals surface area contributed by atoms with Gasteiger partial charge in [-0.25, -0.2) is 9.93 Å². The molecule has 0 aromatic heterocycles. The number of piperidine rings is 1. The van der Waals surface area contributed by atoms with Gasteiger partial charge < -0.3 is 11.1 Å². The molecule has 2 amide bonds. The number of carbonyl (C=O) groups excluding carboxylic acids is 1. The van der Waals surface area contributed by atoms with Crippen LogP contribution >= 0.6 is 0 Å². The lowest BCUT2D eigenvalue weighted by molar-refractivity contribution is 0.236. The summed E-state index contributed by atoms with van der Waals surface area (Å²) in [6, 6.07) is -0.595. The predicted molar refractivity (Wildman–Crippen MR) is 55.0 cm³/mol. The van der Waals surface area contributed by atoms with Crippen LogP contribution in [-0.4, -0.2) is 38.4 Å². The molecule has 1 saturated heterocycles. The molecule has 0 saturated carbocycles. The summed E-state index contributed by atoms with van der Waals surface area (Å²) in [5.41, 5.74) is 4.92. The van der Waals surface area contributed by atoms with Gasteiger partial charge in [-0.05, 0) is 18.8 Å². The topological polar surface area (TPSA) is 119 Å². The zero-order valence-electron chi connectivity index (χ0n) is 8.35.